The Labute approximate surface area is 422 Å². The number of ether oxygens (including phenoxy) is 4. The summed E-state index contributed by atoms with van der Waals surface area (Å²) in [5.74, 6) is -2.19. The summed E-state index contributed by atoms with van der Waals surface area (Å²) < 4.78 is 66.8. The third-order valence-electron chi connectivity index (χ3n) is 11.6. The van der Waals surface area contributed by atoms with Crippen LogP contribution in [0.4, 0.5) is 0 Å². The Morgan fingerprint density at radius 3 is 0.857 bits per heavy atom. The van der Waals surface area contributed by atoms with Gasteiger partial charge in [-0.3, -0.25) is 37.3 Å². The van der Waals surface area contributed by atoms with Crippen LogP contribution >= 0.6 is 15.6 Å². The number of esters is 4. The number of carbonyl (C=O) groups excluding carboxylic acids is 4. The Balaban J connectivity index is 5.01. The van der Waals surface area contributed by atoms with Crippen LogP contribution in [0.1, 0.15) is 246 Å². The monoisotopic (exact) mass is 1040 g/mol. The number of hydrogen-bond acceptors (Lipinski definition) is 15. The van der Waals surface area contributed by atoms with Gasteiger partial charge < -0.3 is 33.8 Å². The number of aliphatic hydroxyl groups is 1. The lowest BCUT2D eigenvalue weighted by molar-refractivity contribution is -0.161. The van der Waals surface area contributed by atoms with Gasteiger partial charge in [0.2, 0.25) is 0 Å². The molecule has 0 bridgehead atoms. The zero-order valence-electron chi connectivity index (χ0n) is 44.0. The van der Waals surface area contributed by atoms with Crippen LogP contribution in [0.15, 0.2) is 0 Å². The summed E-state index contributed by atoms with van der Waals surface area (Å²) >= 11 is 0. The third kappa shape index (κ3) is 45.9. The zero-order valence-corrected chi connectivity index (χ0v) is 45.8. The predicted molar refractivity (Wildman–Crippen MR) is 271 cm³/mol. The second-order valence-corrected chi connectivity index (χ2v) is 21.5. The minimum absolute atomic E-state index is 0.102. The zero-order chi connectivity index (χ0) is 52.0. The van der Waals surface area contributed by atoms with Gasteiger partial charge in [-0.25, -0.2) is 9.13 Å². The van der Waals surface area contributed by atoms with E-state index in [1.807, 2.05) is 6.92 Å². The van der Waals surface area contributed by atoms with Crippen molar-refractivity contribution < 1.29 is 80.2 Å². The number of unbranched alkanes of at least 4 members (excludes halogenated alkanes) is 26. The highest BCUT2D eigenvalue weighted by Gasteiger charge is 2.30. The Hall–Kier alpha value is -1.94. The van der Waals surface area contributed by atoms with E-state index >= 15 is 0 Å². The van der Waals surface area contributed by atoms with Crippen LogP contribution in [0.2, 0.25) is 0 Å². The standard InChI is InChI=1S/C51H98O17P2/c1-5-9-13-17-19-20-21-22-23-24-25-26-28-30-34-38-51(56)68-47(42-62-49(54)36-32-16-12-8-4)44-66-70(59,60)64-40-45(52)39-63-69(57,58)65-43-46(41-61-48(53)35-31-15-11-7-3)67-50(55)37-33-29-27-18-14-10-6-2/h45-47,52H,5-44H2,1-4H3,(H,57,58)(H,59,60)/t45-,46+,47+/m0/s1. The lowest BCUT2D eigenvalue weighted by atomic mass is 10.0. The number of hydrogen-bond donors (Lipinski definition) is 3. The summed E-state index contributed by atoms with van der Waals surface area (Å²) in [6, 6.07) is 0. The van der Waals surface area contributed by atoms with Crippen molar-refractivity contribution >= 4 is 39.5 Å². The molecule has 0 amide bonds. The Morgan fingerprint density at radius 2 is 0.571 bits per heavy atom. The molecule has 5 atom stereocenters. The first-order chi connectivity index (χ1) is 33.7. The number of rotatable bonds is 52. The molecule has 0 aromatic carbocycles. The van der Waals surface area contributed by atoms with Crippen molar-refractivity contribution in [2.24, 2.45) is 0 Å². The summed E-state index contributed by atoms with van der Waals surface area (Å²) in [5.41, 5.74) is 0. The van der Waals surface area contributed by atoms with Gasteiger partial charge in [0.15, 0.2) is 12.2 Å². The summed E-state index contributed by atoms with van der Waals surface area (Å²) in [5, 5.41) is 10.4. The van der Waals surface area contributed by atoms with E-state index in [9.17, 15) is 43.2 Å². The van der Waals surface area contributed by atoms with Crippen LogP contribution in [0.25, 0.3) is 0 Å². The molecule has 0 saturated heterocycles. The second kappa shape index (κ2) is 46.8. The second-order valence-electron chi connectivity index (χ2n) is 18.6. The lowest BCUT2D eigenvalue weighted by Crippen LogP contribution is -2.30. The van der Waals surface area contributed by atoms with Gasteiger partial charge in [-0.05, 0) is 25.7 Å². The van der Waals surface area contributed by atoms with Gasteiger partial charge >= 0.3 is 39.5 Å². The number of phosphoric acid groups is 2. The van der Waals surface area contributed by atoms with Crippen molar-refractivity contribution in [3.8, 4) is 0 Å². The molecule has 19 heteroatoms. The van der Waals surface area contributed by atoms with Crippen molar-refractivity contribution in [2.45, 2.75) is 264 Å². The topological polar surface area (TPSA) is 237 Å². The lowest BCUT2D eigenvalue weighted by Gasteiger charge is -2.21. The fourth-order valence-electron chi connectivity index (χ4n) is 7.34. The molecule has 0 aliphatic carbocycles. The molecule has 17 nitrogen and oxygen atoms in total. The molecule has 0 aromatic rings. The molecule has 0 aliphatic heterocycles. The fraction of sp³-hybridized carbons (Fsp3) is 0.922. The van der Waals surface area contributed by atoms with Gasteiger partial charge in [0.25, 0.3) is 0 Å². The minimum atomic E-state index is -4.92. The van der Waals surface area contributed by atoms with Crippen LogP contribution in [0, 0.1) is 0 Å². The van der Waals surface area contributed by atoms with Gasteiger partial charge in [0, 0.05) is 25.7 Å². The van der Waals surface area contributed by atoms with E-state index in [1.54, 1.807) is 0 Å². The maximum absolute atomic E-state index is 12.8. The Kier molecular flexibility index (Phi) is 45.5. The SMILES string of the molecule is CCCCCCCCCCCCCCCCCC(=O)O[C@H](COC(=O)CCCCCC)COP(=O)(O)OC[C@@H](O)COP(=O)(O)OC[C@@H](COC(=O)CCCCCC)OC(=O)CCCCCCCCC. The summed E-state index contributed by atoms with van der Waals surface area (Å²) in [7, 11) is -9.83. The Morgan fingerprint density at radius 1 is 0.343 bits per heavy atom. The van der Waals surface area contributed by atoms with Gasteiger partial charge in [-0.15, -0.1) is 0 Å². The maximum atomic E-state index is 12.8. The fourth-order valence-corrected chi connectivity index (χ4v) is 8.91. The van der Waals surface area contributed by atoms with E-state index < -0.39 is 97.5 Å². The first kappa shape index (κ1) is 68.1. The van der Waals surface area contributed by atoms with Crippen LogP contribution in [0.3, 0.4) is 0 Å². The molecule has 70 heavy (non-hydrogen) atoms. The average Bonchev–Trinajstić information content (AvgIpc) is 3.33. The normalized spacial score (nSPS) is 14.6. The first-order valence-electron chi connectivity index (χ1n) is 27.3. The van der Waals surface area contributed by atoms with Crippen molar-refractivity contribution in [3.05, 3.63) is 0 Å². The highest BCUT2D eigenvalue weighted by molar-refractivity contribution is 7.47. The van der Waals surface area contributed by atoms with E-state index in [0.717, 1.165) is 103 Å². The number of carbonyl (C=O) groups is 4. The average molecular weight is 1050 g/mol. The van der Waals surface area contributed by atoms with Gasteiger partial charge in [0.1, 0.15) is 19.3 Å². The van der Waals surface area contributed by atoms with E-state index in [1.165, 1.54) is 64.2 Å². The molecule has 0 heterocycles. The highest BCUT2D eigenvalue weighted by atomic mass is 31.2. The van der Waals surface area contributed by atoms with Crippen molar-refractivity contribution in [2.75, 3.05) is 39.6 Å². The first-order valence-corrected chi connectivity index (χ1v) is 30.3. The molecular weight excluding hydrogens is 946 g/mol. The molecule has 3 N–H and O–H groups in total. The van der Waals surface area contributed by atoms with Crippen molar-refractivity contribution in [3.63, 3.8) is 0 Å². The summed E-state index contributed by atoms with van der Waals surface area (Å²) in [6.45, 7) is 4.50. The molecule has 2 unspecified atom stereocenters. The molecule has 414 valence electrons. The Bertz CT molecular complexity index is 1390. The van der Waals surface area contributed by atoms with Crippen LogP contribution in [0.5, 0.6) is 0 Å². The van der Waals surface area contributed by atoms with E-state index in [-0.39, 0.29) is 25.7 Å². The molecule has 0 radical (unpaired) electrons. The molecule has 0 rings (SSSR count). The highest BCUT2D eigenvalue weighted by Crippen LogP contribution is 2.45. The van der Waals surface area contributed by atoms with Gasteiger partial charge in [0.05, 0.1) is 26.4 Å². The summed E-state index contributed by atoms with van der Waals surface area (Å²) in [4.78, 5) is 70.8. The van der Waals surface area contributed by atoms with Gasteiger partial charge in [-0.2, -0.15) is 0 Å². The van der Waals surface area contributed by atoms with Crippen LogP contribution < -0.4 is 0 Å². The number of phosphoric ester groups is 2. The summed E-state index contributed by atoms with van der Waals surface area (Å²) in [6.07, 6.45) is 27.8. The molecule has 0 aliphatic rings. The van der Waals surface area contributed by atoms with Crippen LogP contribution in [-0.2, 0) is 65.4 Å². The molecule has 0 saturated carbocycles. The maximum Gasteiger partial charge on any atom is 0.472 e. The largest absolute Gasteiger partial charge is 0.472 e. The molecule has 0 spiro atoms. The minimum Gasteiger partial charge on any atom is -0.462 e. The van der Waals surface area contributed by atoms with E-state index in [0.29, 0.717) is 25.7 Å². The molecular formula is C51H98O17P2. The number of aliphatic hydroxyl groups excluding tert-OH is 1. The van der Waals surface area contributed by atoms with Crippen molar-refractivity contribution in [1.82, 2.24) is 0 Å². The smallest absolute Gasteiger partial charge is 0.462 e. The predicted octanol–water partition coefficient (Wildman–Crippen LogP) is 12.9. The molecule has 0 aromatic heterocycles. The van der Waals surface area contributed by atoms with E-state index in [2.05, 4.69) is 20.8 Å². The van der Waals surface area contributed by atoms with Crippen LogP contribution in [-0.4, -0.2) is 96.7 Å². The quantitative estimate of drug-likeness (QED) is 0.0222. The van der Waals surface area contributed by atoms with Crippen molar-refractivity contribution in [1.29, 1.82) is 0 Å². The molecule has 0 fully saturated rings. The van der Waals surface area contributed by atoms with E-state index in [4.69, 9.17) is 37.0 Å². The van der Waals surface area contributed by atoms with Gasteiger partial charge in [-0.1, -0.05) is 195 Å². The third-order valence-corrected chi connectivity index (χ3v) is 13.5.